The number of amides is 1. The fourth-order valence-corrected chi connectivity index (χ4v) is 2.87. The highest BCUT2D eigenvalue weighted by molar-refractivity contribution is 5.94. The number of methoxy groups -OCH3 is 1. The van der Waals surface area contributed by atoms with Crippen molar-refractivity contribution in [2.24, 2.45) is 0 Å². The first-order chi connectivity index (χ1) is 10.7. The molecular weight excluding hydrogens is 276 g/mol. The van der Waals surface area contributed by atoms with Crippen LogP contribution in [0.2, 0.25) is 0 Å². The Morgan fingerprint density at radius 3 is 2.55 bits per heavy atom. The SMILES string of the molecule is CCCCN1CCC(NC(=O)c2ccc(COC)cc2)CC1. The number of likely N-dealkylation sites (tertiary alicyclic amines) is 1. The van der Waals surface area contributed by atoms with Gasteiger partial charge < -0.3 is 15.0 Å². The number of piperidine rings is 1. The number of carbonyl (C=O) groups is 1. The molecule has 0 spiro atoms. The fourth-order valence-electron chi connectivity index (χ4n) is 2.87. The van der Waals surface area contributed by atoms with Gasteiger partial charge in [-0.3, -0.25) is 4.79 Å². The van der Waals surface area contributed by atoms with Crippen LogP contribution in [0.5, 0.6) is 0 Å². The van der Waals surface area contributed by atoms with E-state index < -0.39 is 0 Å². The first-order valence-electron chi connectivity index (χ1n) is 8.34. The Balaban J connectivity index is 1.78. The van der Waals surface area contributed by atoms with Gasteiger partial charge in [-0.2, -0.15) is 0 Å². The van der Waals surface area contributed by atoms with Crippen molar-refractivity contribution in [2.75, 3.05) is 26.7 Å². The second-order valence-corrected chi connectivity index (χ2v) is 6.07. The maximum absolute atomic E-state index is 12.3. The molecule has 0 unspecified atom stereocenters. The van der Waals surface area contributed by atoms with Crippen LogP contribution in [-0.2, 0) is 11.3 Å². The van der Waals surface area contributed by atoms with Gasteiger partial charge in [0, 0.05) is 31.8 Å². The van der Waals surface area contributed by atoms with Gasteiger partial charge in [0.05, 0.1) is 6.61 Å². The zero-order valence-electron chi connectivity index (χ0n) is 13.8. The lowest BCUT2D eigenvalue weighted by Gasteiger charge is -2.32. The Labute approximate surface area is 133 Å². The molecule has 1 N–H and O–H groups in total. The summed E-state index contributed by atoms with van der Waals surface area (Å²) in [4.78, 5) is 14.8. The van der Waals surface area contributed by atoms with E-state index in [9.17, 15) is 4.79 Å². The maximum Gasteiger partial charge on any atom is 0.251 e. The molecule has 1 saturated heterocycles. The first kappa shape index (κ1) is 17.0. The number of carbonyl (C=O) groups excluding carboxylic acids is 1. The van der Waals surface area contributed by atoms with Crippen molar-refractivity contribution >= 4 is 5.91 Å². The molecule has 22 heavy (non-hydrogen) atoms. The minimum Gasteiger partial charge on any atom is -0.380 e. The molecule has 0 atom stereocenters. The van der Waals surface area contributed by atoms with Crippen LogP contribution < -0.4 is 5.32 Å². The van der Waals surface area contributed by atoms with Crippen molar-refractivity contribution in [1.29, 1.82) is 0 Å². The number of benzene rings is 1. The number of hydrogen-bond acceptors (Lipinski definition) is 3. The Kier molecular flexibility index (Phi) is 6.87. The Bertz CT molecular complexity index is 451. The van der Waals surface area contributed by atoms with E-state index in [0.717, 1.165) is 37.1 Å². The standard InChI is InChI=1S/C18H28N2O2/c1-3-4-11-20-12-9-17(10-13-20)19-18(21)16-7-5-15(6-8-16)14-22-2/h5-8,17H,3-4,9-14H2,1-2H3,(H,19,21). The molecule has 1 aliphatic rings. The molecule has 1 heterocycles. The summed E-state index contributed by atoms with van der Waals surface area (Å²) in [5, 5.41) is 3.17. The number of rotatable bonds is 7. The molecule has 0 aromatic heterocycles. The fraction of sp³-hybridized carbons (Fsp3) is 0.611. The van der Waals surface area contributed by atoms with E-state index in [2.05, 4.69) is 17.1 Å². The van der Waals surface area contributed by atoms with Crippen molar-refractivity contribution in [2.45, 2.75) is 45.3 Å². The quantitative estimate of drug-likeness (QED) is 0.842. The van der Waals surface area contributed by atoms with E-state index in [1.54, 1.807) is 7.11 Å². The van der Waals surface area contributed by atoms with Crippen molar-refractivity contribution in [1.82, 2.24) is 10.2 Å². The topological polar surface area (TPSA) is 41.6 Å². The predicted octanol–water partition coefficient (Wildman–Crippen LogP) is 2.83. The van der Waals surface area contributed by atoms with Crippen LogP contribution in [0.1, 0.15) is 48.5 Å². The molecule has 1 aromatic carbocycles. The summed E-state index contributed by atoms with van der Waals surface area (Å²) in [6.07, 6.45) is 4.62. The number of ether oxygens (including phenoxy) is 1. The summed E-state index contributed by atoms with van der Waals surface area (Å²) in [6.45, 7) is 6.19. The zero-order valence-corrected chi connectivity index (χ0v) is 13.8. The smallest absolute Gasteiger partial charge is 0.251 e. The van der Waals surface area contributed by atoms with Crippen LogP contribution >= 0.6 is 0 Å². The Morgan fingerprint density at radius 2 is 1.95 bits per heavy atom. The number of hydrogen-bond donors (Lipinski definition) is 1. The lowest BCUT2D eigenvalue weighted by Crippen LogP contribution is -2.44. The highest BCUT2D eigenvalue weighted by Crippen LogP contribution is 2.12. The lowest BCUT2D eigenvalue weighted by atomic mass is 10.0. The largest absolute Gasteiger partial charge is 0.380 e. The molecule has 122 valence electrons. The third-order valence-corrected chi connectivity index (χ3v) is 4.28. The summed E-state index contributed by atoms with van der Waals surface area (Å²) in [5.41, 5.74) is 1.82. The van der Waals surface area contributed by atoms with Gasteiger partial charge in [-0.05, 0) is 43.5 Å². The van der Waals surface area contributed by atoms with Crippen LogP contribution in [0.25, 0.3) is 0 Å². The molecule has 0 radical (unpaired) electrons. The summed E-state index contributed by atoms with van der Waals surface area (Å²) in [5.74, 6) is 0.0379. The molecule has 1 aromatic rings. The summed E-state index contributed by atoms with van der Waals surface area (Å²) < 4.78 is 5.08. The van der Waals surface area contributed by atoms with E-state index in [0.29, 0.717) is 12.6 Å². The molecule has 4 nitrogen and oxygen atoms in total. The van der Waals surface area contributed by atoms with Crippen molar-refractivity contribution in [3.8, 4) is 0 Å². The van der Waals surface area contributed by atoms with Gasteiger partial charge >= 0.3 is 0 Å². The molecule has 1 amide bonds. The van der Waals surface area contributed by atoms with E-state index in [-0.39, 0.29) is 5.91 Å². The highest BCUT2D eigenvalue weighted by Gasteiger charge is 2.20. The van der Waals surface area contributed by atoms with Gasteiger partial charge in [0.1, 0.15) is 0 Å². The van der Waals surface area contributed by atoms with Gasteiger partial charge in [-0.1, -0.05) is 25.5 Å². The van der Waals surface area contributed by atoms with E-state index >= 15 is 0 Å². The normalized spacial score (nSPS) is 16.6. The van der Waals surface area contributed by atoms with Gasteiger partial charge in [0.25, 0.3) is 5.91 Å². The Hall–Kier alpha value is -1.39. The van der Waals surface area contributed by atoms with Gasteiger partial charge in [-0.15, -0.1) is 0 Å². The molecule has 0 aliphatic carbocycles. The number of nitrogens with one attached hydrogen (secondary N) is 1. The zero-order chi connectivity index (χ0) is 15.8. The van der Waals surface area contributed by atoms with Crippen molar-refractivity contribution in [3.63, 3.8) is 0 Å². The van der Waals surface area contributed by atoms with Gasteiger partial charge in [0.15, 0.2) is 0 Å². The third-order valence-electron chi connectivity index (χ3n) is 4.28. The summed E-state index contributed by atoms with van der Waals surface area (Å²) >= 11 is 0. The second kappa shape index (κ2) is 8.91. The minimum atomic E-state index is 0.0379. The second-order valence-electron chi connectivity index (χ2n) is 6.07. The molecule has 2 rings (SSSR count). The Morgan fingerprint density at radius 1 is 1.27 bits per heavy atom. The molecule has 1 aliphatic heterocycles. The van der Waals surface area contributed by atoms with Crippen LogP contribution in [0, 0.1) is 0 Å². The monoisotopic (exact) mass is 304 g/mol. The van der Waals surface area contributed by atoms with Crippen LogP contribution in [0.4, 0.5) is 0 Å². The number of unbranched alkanes of at least 4 members (excludes halogenated alkanes) is 1. The van der Waals surface area contributed by atoms with Gasteiger partial charge in [-0.25, -0.2) is 0 Å². The summed E-state index contributed by atoms with van der Waals surface area (Å²) in [7, 11) is 1.67. The van der Waals surface area contributed by atoms with Crippen molar-refractivity contribution < 1.29 is 9.53 Å². The predicted molar refractivity (Wildman–Crippen MR) is 89.0 cm³/mol. The van der Waals surface area contributed by atoms with Crippen LogP contribution in [-0.4, -0.2) is 43.6 Å². The average Bonchev–Trinajstić information content (AvgIpc) is 2.55. The first-order valence-corrected chi connectivity index (χ1v) is 8.34. The third kappa shape index (κ3) is 5.11. The highest BCUT2D eigenvalue weighted by atomic mass is 16.5. The molecular formula is C18H28N2O2. The average molecular weight is 304 g/mol. The van der Waals surface area contributed by atoms with E-state index in [1.807, 2.05) is 24.3 Å². The van der Waals surface area contributed by atoms with E-state index in [4.69, 9.17) is 4.74 Å². The molecule has 4 heteroatoms. The maximum atomic E-state index is 12.3. The van der Waals surface area contributed by atoms with Gasteiger partial charge in [0.2, 0.25) is 0 Å². The van der Waals surface area contributed by atoms with Crippen LogP contribution in [0.15, 0.2) is 24.3 Å². The number of nitrogens with zero attached hydrogens (tertiary/aromatic N) is 1. The van der Waals surface area contributed by atoms with Crippen LogP contribution in [0.3, 0.4) is 0 Å². The van der Waals surface area contributed by atoms with E-state index in [1.165, 1.54) is 19.4 Å². The van der Waals surface area contributed by atoms with Crippen molar-refractivity contribution in [3.05, 3.63) is 35.4 Å². The molecule has 0 saturated carbocycles. The summed E-state index contributed by atoms with van der Waals surface area (Å²) in [6, 6.07) is 7.96. The lowest BCUT2D eigenvalue weighted by molar-refractivity contribution is 0.0910. The minimum absolute atomic E-state index is 0.0379. The molecule has 1 fully saturated rings. The molecule has 0 bridgehead atoms.